The first-order chi connectivity index (χ1) is 11.1. The summed E-state index contributed by atoms with van der Waals surface area (Å²) in [6, 6.07) is 14.7. The number of hydrogen-bond donors (Lipinski definition) is 0. The third-order valence-electron chi connectivity index (χ3n) is 3.61. The zero-order valence-electron chi connectivity index (χ0n) is 12.6. The Bertz CT molecular complexity index is 921. The molecule has 5 heteroatoms. The number of nitriles is 1. The molecule has 3 aromatic rings. The van der Waals surface area contributed by atoms with Gasteiger partial charge in [-0.3, -0.25) is 0 Å². The third kappa shape index (κ3) is 2.71. The van der Waals surface area contributed by atoms with Gasteiger partial charge in [-0.25, -0.2) is 4.79 Å². The highest BCUT2D eigenvalue weighted by molar-refractivity contribution is 6.33. The van der Waals surface area contributed by atoms with Crippen LogP contribution in [-0.2, 0) is 4.74 Å². The second-order valence-electron chi connectivity index (χ2n) is 5.07. The second-order valence-corrected chi connectivity index (χ2v) is 5.07. The summed E-state index contributed by atoms with van der Waals surface area (Å²) in [6.07, 6.45) is 1.77. The van der Waals surface area contributed by atoms with Crippen LogP contribution in [0.4, 0.5) is 0 Å². The molecule has 1 heterocycles. The summed E-state index contributed by atoms with van der Waals surface area (Å²) in [5, 5.41) is 10.1. The van der Waals surface area contributed by atoms with Crippen LogP contribution in [0.1, 0.15) is 22.8 Å². The molecule has 0 aliphatic rings. The number of carbonyl (C=O) groups excluding carboxylic acids is 1. The number of esters is 1. The summed E-state index contributed by atoms with van der Waals surface area (Å²) >= 11 is 0. The number of aromatic nitrogens is 1. The van der Waals surface area contributed by atoms with Gasteiger partial charge in [0, 0.05) is 17.3 Å². The molecule has 3 rings (SSSR count). The first kappa shape index (κ1) is 14.9. The fourth-order valence-electron chi connectivity index (χ4n) is 2.52. The highest BCUT2D eigenvalue weighted by Crippen LogP contribution is 2.24. The Morgan fingerprint density at radius 3 is 2.65 bits per heavy atom. The van der Waals surface area contributed by atoms with E-state index in [9.17, 15) is 10.1 Å². The number of ether oxygens (including phenoxy) is 1. The van der Waals surface area contributed by atoms with E-state index in [2.05, 4.69) is 6.07 Å². The van der Waals surface area contributed by atoms with Gasteiger partial charge in [0.25, 0.3) is 0 Å². The Balaban J connectivity index is 2.07. The predicted molar refractivity (Wildman–Crippen MR) is 89.3 cm³/mol. The smallest absolute Gasteiger partial charge is 0.338 e. The zero-order valence-corrected chi connectivity index (χ0v) is 12.6. The van der Waals surface area contributed by atoms with Gasteiger partial charge in [0.1, 0.15) is 13.9 Å². The minimum absolute atomic E-state index is 0.343. The van der Waals surface area contributed by atoms with Crippen LogP contribution in [0.15, 0.2) is 48.7 Å². The van der Waals surface area contributed by atoms with Crippen molar-refractivity contribution in [3.05, 3.63) is 59.8 Å². The van der Waals surface area contributed by atoms with Crippen LogP contribution >= 0.6 is 0 Å². The maximum Gasteiger partial charge on any atom is 0.338 e. The molecular weight excluding hydrogens is 287 g/mol. The molecule has 0 fully saturated rings. The highest BCUT2D eigenvalue weighted by atomic mass is 16.5. The van der Waals surface area contributed by atoms with Crippen molar-refractivity contribution in [2.75, 3.05) is 6.61 Å². The molecule has 23 heavy (non-hydrogen) atoms. The van der Waals surface area contributed by atoms with E-state index in [0.717, 1.165) is 16.6 Å². The molecule has 4 nitrogen and oxygen atoms in total. The van der Waals surface area contributed by atoms with E-state index in [-0.39, 0.29) is 5.97 Å². The standard InChI is InChI=1S/C18H13BN2O2/c1-2-23-18(22)12-3-6-15(7-4-12)21-11-13(10-20)16-9-14(19)5-8-17(16)21/h3-9,11H,2H2,1H3. The van der Waals surface area contributed by atoms with Gasteiger partial charge in [0.2, 0.25) is 0 Å². The topological polar surface area (TPSA) is 55.0 Å². The van der Waals surface area contributed by atoms with Crippen LogP contribution in [0.2, 0.25) is 0 Å². The lowest BCUT2D eigenvalue weighted by molar-refractivity contribution is 0.0526. The molecule has 0 amide bonds. The molecule has 0 saturated carbocycles. The Hall–Kier alpha value is -3.00. The van der Waals surface area contributed by atoms with Crippen molar-refractivity contribution in [2.24, 2.45) is 0 Å². The SMILES string of the molecule is [B]c1ccc2c(c1)c(C#N)cn2-c1ccc(C(=O)OCC)cc1. The lowest BCUT2D eigenvalue weighted by Gasteiger charge is -2.07. The molecule has 2 aromatic carbocycles. The van der Waals surface area contributed by atoms with Crippen molar-refractivity contribution in [3.8, 4) is 11.8 Å². The summed E-state index contributed by atoms with van der Waals surface area (Å²) in [6.45, 7) is 2.11. The molecular formula is C18H13BN2O2. The Labute approximate surface area is 135 Å². The second kappa shape index (κ2) is 6.01. The highest BCUT2D eigenvalue weighted by Gasteiger charge is 2.11. The minimum atomic E-state index is -0.345. The van der Waals surface area contributed by atoms with Crippen molar-refractivity contribution >= 4 is 30.2 Å². The molecule has 0 bridgehead atoms. The van der Waals surface area contributed by atoms with Gasteiger partial charge < -0.3 is 9.30 Å². The van der Waals surface area contributed by atoms with Gasteiger partial charge in [-0.15, -0.1) is 0 Å². The van der Waals surface area contributed by atoms with Crippen LogP contribution in [0.5, 0.6) is 0 Å². The summed E-state index contributed by atoms with van der Waals surface area (Å²) < 4.78 is 6.88. The zero-order chi connectivity index (χ0) is 16.4. The van der Waals surface area contributed by atoms with Crippen LogP contribution in [0.25, 0.3) is 16.6 Å². The van der Waals surface area contributed by atoms with Gasteiger partial charge in [-0.2, -0.15) is 5.26 Å². The van der Waals surface area contributed by atoms with E-state index >= 15 is 0 Å². The number of carbonyl (C=O) groups is 1. The molecule has 0 atom stereocenters. The van der Waals surface area contributed by atoms with Crippen LogP contribution < -0.4 is 5.46 Å². The largest absolute Gasteiger partial charge is 0.462 e. The van der Waals surface area contributed by atoms with Crippen molar-refractivity contribution in [1.29, 1.82) is 5.26 Å². The predicted octanol–water partition coefficient (Wildman–Crippen LogP) is 2.47. The van der Waals surface area contributed by atoms with E-state index in [4.69, 9.17) is 12.6 Å². The molecule has 0 aliphatic heterocycles. The van der Waals surface area contributed by atoms with Gasteiger partial charge in [0.05, 0.1) is 23.3 Å². The fourth-order valence-corrected chi connectivity index (χ4v) is 2.52. The van der Waals surface area contributed by atoms with Crippen LogP contribution in [-0.4, -0.2) is 25.0 Å². The van der Waals surface area contributed by atoms with Gasteiger partial charge in [0.15, 0.2) is 0 Å². The fraction of sp³-hybridized carbons (Fsp3) is 0.111. The molecule has 1 aromatic heterocycles. The van der Waals surface area contributed by atoms with Gasteiger partial charge in [-0.1, -0.05) is 17.6 Å². The van der Waals surface area contributed by atoms with E-state index in [1.54, 1.807) is 37.4 Å². The normalized spacial score (nSPS) is 10.4. The lowest BCUT2D eigenvalue weighted by atomic mass is 9.94. The Morgan fingerprint density at radius 2 is 2.00 bits per heavy atom. The van der Waals surface area contributed by atoms with E-state index < -0.39 is 0 Å². The monoisotopic (exact) mass is 300 g/mol. The Kier molecular flexibility index (Phi) is 3.90. The molecule has 110 valence electrons. The number of fused-ring (bicyclic) bond motifs is 1. The average Bonchev–Trinajstić information content (AvgIpc) is 2.93. The number of nitrogens with zero attached hydrogens (tertiary/aromatic N) is 2. The average molecular weight is 300 g/mol. The minimum Gasteiger partial charge on any atom is -0.462 e. The summed E-state index contributed by atoms with van der Waals surface area (Å²) in [5.74, 6) is -0.345. The van der Waals surface area contributed by atoms with Crippen molar-refractivity contribution in [1.82, 2.24) is 4.57 Å². The van der Waals surface area contributed by atoms with Crippen molar-refractivity contribution in [3.63, 3.8) is 0 Å². The van der Waals surface area contributed by atoms with Gasteiger partial charge in [-0.05, 0) is 37.3 Å². The summed E-state index contributed by atoms with van der Waals surface area (Å²) in [7, 11) is 5.81. The number of hydrogen-bond acceptors (Lipinski definition) is 3. The number of benzene rings is 2. The van der Waals surface area contributed by atoms with Crippen LogP contribution in [0, 0.1) is 11.3 Å². The molecule has 0 unspecified atom stereocenters. The third-order valence-corrected chi connectivity index (χ3v) is 3.61. The molecule has 0 spiro atoms. The maximum absolute atomic E-state index is 11.7. The van der Waals surface area contributed by atoms with Crippen molar-refractivity contribution < 1.29 is 9.53 Å². The molecule has 0 aliphatic carbocycles. The summed E-state index contributed by atoms with van der Waals surface area (Å²) in [4.78, 5) is 11.7. The lowest BCUT2D eigenvalue weighted by Crippen LogP contribution is -2.04. The first-order valence-electron chi connectivity index (χ1n) is 7.22. The van der Waals surface area contributed by atoms with E-state index in [1.165, 1.54) is 0 Å². The first-order valence-corrected chi connectivity index (χ1v) is 7.22. The van der Waals surface area contributed by atoms with Crippen LogP contribution in [0.3, 0.4) is 0 Å². The Morgan fingerprint density at radius 1 is 1.26 bits per heavy atom. The molecule has 0 N–H and O–H groups in total. The number of rotatable bonds is 3. The maximum atomic E-state index is 11.7. The van der Waals surface area contributed by atoms with E-state index in [0.29, 0.717) is 23.2 Å². The molecule has 2 radical (unpaired) electrons. The summed E-state index contributed by atoms with van der Waals surface area (Å²) in [5.41, 5.74) is 3.41. The van der Waals surface area contributed by atoms with Crippen molar-refractivity contribution in [2.45, 2.75) is 6.92 Å². The quantitative estimate of drug-likeness (QED) is 0.551. The van der Waals surface area contributed by atoms with Gasteiger partial charge >= 0.3 is 5.97 Å². The van der Waals surface area contributed by atoms with E-state index in [1.807, 2.05) is 22.8 Å². The molecule has 0 saturated heterocycles.